The highest BCUT2D eigenvalue weighted by Gasteiger charge is 2.36. The molecule has 1 aliphatic rings. The number of rotatable bonds is 3. The number of methoxy groups -OCH3 is 1. The van der Waals surface area contributed by atoms with Crippen molar-refractivity contribution < 1.29 is 19.4 Å². The maximum absolute atomic E-state index is 12.2. The van der Waals surface area contributed by atoms with Gasteiger partial charge >= 0.3 is 5.97 Å². The van der Waals surface area contributed by atoms with Crippen LogP contribution in [-0.2, 0) is 27.3 Å². The van der Waals surface area contributed by atoms with Gasteiger partial charge in [-0.1, -0.05) is 24.3 Å². The molecule has 1 amide bonds. The van der Waals surface area contributed by atoms with E-state index < -0.39 is 18.1 Å². The summed E-state index contributed by atoms with van der Waals surface area (Å²) < 4.78 is 5.00. The molecule has 1 aromatic carbocycles. The molecule has 2 atom stereocenters. The first-order valence-electron chi connectivity index (χ1n) is 6.17. The number of nitrogens with zero attached hydrogens (tertiary/aromatic N) is 1. The van der Waals surface area contributed by atoms with E-state index in [9.17, 15) is 14.7 Å². The number of aliphatic carboxylic acids is 1. The van der Waals surface area contributed by atoms with E-state index in [1.165, 1.54) is 12.0 Å². The molecule has 0 spiro atoms. The Morgan fingerprint density at radius 1 is 1.37 bits per heavy atom. The van der Waals surface area contributed by atoms with Crippen molar-refractivity contribution in [3.63, 3.8) is 0 Å². The van der Waals surface area contributed by atoms with Gasteiger partial charge in [0.1, 0.15) is 12.1 Å². The van der Waals surface area contributed by atoms with Crippen LogP contribution in [0.2, 0.25) is 0 Å². The number of fused-ring (bicyclic) bond motifs is 1. The Balaban J connectivity index is 2.31. The standard InChI is InChI=1S/C14H17NO4/c1-9(19-2)13(16)15-8-11-6-4-3-5-10(11)7-12(15)14(17)18/h3-6,9,12H,7-8H2,1-2H3,(H,17,18)/t9?,12-/m0/s1. The van der Waals surface area contributed by atoms with E-state index >= 15 is 0 Å². The normalized spacial score (nSPS) is 19.7. The minimum Gasteiger partial charge on any atom is -0.480 e. The topological polar surface area (TPSA) is 66.8 Å². The molecule has 1 aliphatic heterocycles. The van der Waals surface area contributed by atoms with Gasteiger partial charge in [-0.15, -0.1) is 0 Å². The van der Waals surface area contributed by atoms with Gasteiger partial charge in [0.15, 0.2) is 0 Å². The van der Waals surface area contributed by atoms with Crippen LogP contribution in [0.25, 0.3) is 0 Å². The van der Waals surface area contributed by atoms with Crippen molar-refractivity contribution in [2.24, 2.45) is 0 Å². The fraction of sp³-hybridized carbons (Fsp3) is 0.429. The van der Waals surface area contributed by atoms with Crippen LogP contribution in [0.1, 0.15) is 18.1 Å². The van der Waals surface area contributed by atoms with Crippen molar-refractivity contribution in [2.45, 2.75) is 32.0 Å². The third-order valence-electron chi connectivity index (χ3n) is 3.52. The summed E-state index contributed by atoms with van der Waals surface area (Å²) in [5.41, 5.74) is 1.99. The van der Waals surface area contributed by atoms with E-state index in [4.69, 9.17) is 4.74 Å². The number of ether oxygens (including phenoxy) is 1. The molecular formula is C14H17NO4. The fourth-order valence-electron chi connectivity index (χ4n) is 2.31. The van der Waals surface area contributed by atoms with Crippen molar-refractivity contribution in [1.29, 1.82) is 0 Å². The van der Waals surface area contributed by atoms with Gasteiger partial charge in [0.05, 0.1) is 0 Å². The molecule has 0 bridgehead atoms. The summed E-state index contributed by atoms with van der Waals surface area (Å²) in [5.74, 6) is -1.27. The number of benzene rings is 1. The zero-order valence-corrected chi connectivity index (χ0v) is 11.0. The second-order valence-corrected chi connectivity index (χ2v) is 4.67. The number of carboxylic acid groups (broad SMARTS) is 1. The predicted molar refractivity (Wildman–Crippen MR) is 68.6 cm³/mol. The summed E-state index contributed by atoms with van der Waals surface area (Å²) in [5, 5.41) is 9.30. The summed E-state index contributed by atoms with van der Waals surface area (Å²) in [6.45, 7) is 1.95. The molecule has 5 nitrogen and oxygen atoms in total. The SMILES string of the molecule is COC(C)C(=O)N1Cc2ccccc2C[C@H]1C(=O)O. The lowest BCUT2D eigenvalue weighted by Crippen LogP contribution is -2.51. The maximum atomic E-state index is 12.2. The van der Waals surface area contributed by atoms with E-state index in [1.54, 1.807) is 6.92 Å². The maximum Gasteiger partial charge on any atom is 0.326 e. The second kappa shape index (κ2) is 5.40. The minimum absolute atomic E-state index is 0.288. The van der Waals surface area contributed by atoms with Crippen LogP contribution in [0.4, 0.5) is 0 Å². The zero-order valence-electron chi connectivity index (χ0n) is 11.0. The van der Waals surface area contributed by atoms with Gasteiger partial charge in [0, 0.05) is 20.1 Å². The minimum atomic E-state index is -0.980. The Morgan fingerprint density at radius 3 is 2.58 bits per heavy atom. The van der Waals surface area contributed by atoms with Gasteiger partial charge in [-0.3, -0.25) is 4.79 Å². The molecule has 5 heteroatoms. The van der Waals surface area contributed by atoms with Gasteiger partial charge in [0.25, 0.3) is 5.91 Å². The van der Waals surface area contributed by atoms with Crippen LogP contribution in [0.15, 0.2) is 24.3 Å². The highest BCUT2D eigenvalue weighted by atomic mass is 16.5. The van der Waals surface area contributed by atoms with Crippen molar-refractivity contribution in [3.05, 3.63) is 35.4 Å². The summed E-state index contributed by atoms with van der Waals surface area (Å²) >= 11 is 0. The number of hydrogen-bond donors (Lipinski definition) is 1. The van der Waals surface area contributed by atoms with Crippen LogP contribution in [0, 0.1) is 0 Å². The smallest absolute Gasteiger partial charge is 0.326 e. The molecule has 0 saturated carbocycles. The molecule has 0 saturated heterocycles. The summed E-state index contributed by atoms with van der Waals surface area (Å²) in [6, 6.07) is 6.79. The van der Waals surface area contributed by atoms with Crippen LogP contribution in [0.5, 0.6) is 0 Å². The molecule has 1 N–H and O–H groups in total. The summed E-state index contributed by atoms with van der Waals surface area (Å²) in [4.78, 5) is 24.9. The first kappa shape index (κ1) is 13.5. The quantitative estimate of drug-likeness (QED) is 0.885. The molecule has 0 radical (unpaired) electrons. The lowest BCUT2D eigenvalue weighted by atomic mass is 9.93. The Hall–Kier alpha value is -1.88. The number of carboxylic acids is 1. The lowest BCUT2D eigenvalue weighted by Gasteiger charge is -2.35. The molecule has 0 aromatic heterocycles. The molecular weight excluding hydrogens is 246 g/mol. The Kier molecular flexibility index (Phi) is 3.85. The third-order valence-corrected chi connectivity index (χ3v) is 3.52. The van der Waals surface area contributed by atoms with E-state index in [0.717, 1.165) is 11.1 Å². The van der Waals surface area contributed by atoms with Crippen molar-refractivity contribution >= 4 is 11.9 Å². The molecule has 1 unspecified atom stereocenters. The van der Waals surface area contributed by atoms with E-state index in [0.29, 0.717) is 13.0 Å². The molecule has 1 aromatic rings. The molecule has 0 aliphatic carbocycles. The Labute approximate surface area is 111 Å². The van der Waals surface area contributed by atoms with Crippen LogP contribution in [0.3, 0.4) is 0 Å². The number of carbonyl (C=O) groups excluding carboxylic acids is 1. The largest absolute Gasteiger partial charge is 0.480 e. The number of amides is 1. The van der Waals surface area contributed by atoms with Crippen molar-refractivity contribution in [1.82, 2.24) is 4.90 Å². The van der Waals surface area contributed by atoms with Crippen molar-refractivity contribution in [2.75, 3.05) is 7.11 Å². The molecule has 1 heterocycles. The van der Waals surface area contributed by atoms with Crippen LogP contribution < -0.4 is 0 Å². The van der Waals surface area contributed by atoms with Gasteiger partial charge in [0.2, 0.25) is 0 Å². The molecule has 19 heavy (non-hydrogen) atoms. The fourth-order valence-corrected chi connectivity index (χ4v) is 2.31. The van der Waals surface area contributed by atoms with E-state index in [-0.39, 0.29) is 5.91 Å². The van der Waals surface area contributed by atoms with Crippen molar-refractivity contribution in [3.8, 4) is 0 Å². The third kappa shape index (κ3) is 2.61. The monoisotopic (exact) mass is 263 g/mol. The molecule has 102 valence electrons. The van der Waals surface area contributed by atoms with Gasteiger partial charge < -0.3 is 14.7 Å². The Bertz CT molecular complexity index is 500. The van der Waals surface area contributed by atoms with E-state index in [1.807, 2.05) is 24.3 Å². The predicted octanol–water partition coefficient (Wildman–Crippen LogP) is 1.06. The highest BCUT2D eigenvalue weighted by Crippen LogP contribution is 2.24. The summed E-state index contributed by atoms with van der Waals surface area (Å²) in [7, 11) is 1.44. The molecule has 0 fully saturated rings. The van der Waals surface area contributed by atoms with Gasteiger partial charge in [-0.05, 0) is 18.1 Å². The number of hydrogen-bond acceptors (Lipinski definition) is 3. The lowest BCUT2D eigenvalue weighted by molar-refractivity contribution is -0.156. The average Bonchev–Trinajstić information content (AvgIpc) is 2.44. The Morgan fingerprint density at radius 2 is 2.00 bits per heavy atom. The average molecular weight is 263 g/mol. The van der Waals surface area contributed by atoms with Crippen LogP contribution >= 0.6 is 0 Å². The van der Waals surface area contributed by atoms with Gasteiger partial charge in [-0.25, -0.2) is 4.79 Å². The first-order valence-corrected chi connectivity index (χ1v) is 6.17. The highest BCUT2D eigenvalue weighted by molar-refractivity contribution is 5.87. The second-order valence-electron chi connectivity index (χ2n) is 4.67. The van der Waals surface area contributed by atoms with Gasteiger partial charge in [-0.2, -0.15) is 0 Å². The number of carbonyl (C=O) groups is 2. The first-order chi connectivity index (χ1) is 9.04. The van der Waals surface area contributed by atoms with E-state index in [2.05, 4.69) is 0 Å². The summed E-state index contributed by atoms with van der Waals surface area (Å²) in [6.07, 6.45) is -0.291. The zero-order chi connectivity index (χ0) is 14.0. The van der Waals surface area contributed by atoms with Crippen LogP contribution in [-0.4, -0.2) is 41.1 Å². The molecule has 2 rings (SSSR count).